The van der Waals surface area contributed by atoms with Gasteiger partial charge in [0.1, 0.15) is 55.6 Å². The van der Waals surface area contributed by atoms with Crippen LogP contribution in [0.4, 0.5) is 20.2 Å². The number of nitrogens with zero attached hydrogens (tertiary/aromatic N) is 8. The van der Waals surface area contributed by atoms with Crippen LogP contribution in [-0.4, -0.2) is 74.6 Å². The molecule has 2 aliphatic rings. The Morgan fingerprint density at radius 3 is 2.19 bits per heavy atom. The van der Waals surface area contributed by atoms with E-state index in [2.05, 4.69) is 25.0 Å². The summed E-state index contributed by atoms with van der Waals surface area (Å²) in [5.41, 5.74) is 2.93. The second-order valence-corrected chi connectivity index (χ2v) is 11.4. The number of rotatable bonds is 10. The summed E-state index contributed by atoms with van der Waals surface area (Å²) in [7, 11) is 0. The average molecular weight is 645 g/mol. The Balaban J connectivity index is 0.931. The molecule has 0 aliphatic carbocycles. The summed E-state index contributed by atoms with van der Waals surface area (Å²) >= 11 is 0. The summed E-state index contributed by atoms with van der Waals surface area (Å²) < 4.78 is 51.2. The Labute approximate surface area is 269 Å². The Hall–Kier alpha value is -5.08. The molecule has 2 aromatic heterocycles. The van der Waals surface area contributed by atoms with E-state index >= 15 is 0 Å². The molecule has 2 aliphatic heterocycles. The molecule has 2 atom stereocenters. The quantitative estimate of drug-likeness (QED) is 0.226. The highest BCUT2D eigenvalue weighted by atomic mass is 19.1. The van der Waals surface area contributed by atoms with Crippen LogP contribution in [0.25, 0.3) is 5.69 Å². The number of hydrogen-bond donors (Lipinski definition) is 0. The van der Waals surface area contributed by atoms with Crippen LogP contribution in [0.15, 0.2) is 90.5 Å². The van der Waals surface area contributed by atoms with Crippen LogP contribution in [0, 0.1) is 11.6 Å². The van der Waals surface area contributed by atoms with Crippen LogP contribution >= 0.6 is 0 Å². The summed E-state index contributed by atoms with van der Waals surface area (Å²) in [5.74, 6) is -2.30. The zero-order valence-corrected chi connectivity index (χ0v) is 25.8. The molecule has 0 radical (unpaired) electrons. The molecule has 7 rings (SSSR count). The van der Waals surface area contributed by atoms with Crippen molar-refractivity contribution in [2.75, 3.05) is 49.2 Å². The topological polar surface area (TPSA) is 105 Å². The molecule has 244 valence electrons. The largest absolute Gasteiger partial charge is 0.491 e. The van der Waals surface area contributed by atoms with Gasteiger partial charge in [-0.2, -0.15) is 10.2 Å². The van der Waals surface area contributed by atoms with Crippen LogP contribution in [-0.2, 0) is 28.4 Å². The predicted octanol–water partition coefficient (Wildman–Crippen LogP) is 3.60. The molecule has 47 heavy (non-hydrogen) atoms. The molecule has 5 aromatic rings. The molecule has 0 N–H and O–H groups in total. The second kappa shape index (κ2) is 13.0. The number of aryl methyl sites for hydroxylation is 1. The Morgan fingerprint density at radius 1 is 0.894 bits per heavy atom. The van der Waals surface area contributed by atoms with E-state index < -0.39 is 23.5 Å². The van der Waals surface area contributed by atoms with Crippen molar-refractivity contribution >= 4 is 11.4 Å². The zero-order valence-electron chi connectivity index (χ0n) is 25.8. The van der Waals surface area contributed by atoms with Crippen LogP contribution in [0.3, 0.4) is 0 Å². The molecule has 0 saturated carbocycles. The van der Waals surface area contributed by atoms with Crippen LogP contribution < -0.4 is 20.2 Å². The maximum Gasteiger partial charge on any atom is 0.350 e. The maximum atomic E-state index is 14.9. The van der Waals surface area contributed by atoms with Gasteiger partial charge < -0.3 is 24.0 Å². The highest BCUT2D eigenvalue weighted by Gasteiger charge is 2.46. The van der Waals surface area contributed by atoms with E-state index in [1.807, 2.05) is 55.5 Å². The van der Waals surface area contributed by atoms with Gasteiger partial charge in [-0.1, -0.05) is 0 Å². The predicted molar refractivity (Wildman–Crippen MR) is 169 cm³/mol. The summed E-state index contributed by atoms with van der Waals surface area (Å²) in [6.07, 6.45) is 3.90. The SMILES string of the molecule is CCn1ncn(-c2ccc(N3CCN(c4ccc(OC[C@@H]5CO[C@@](Cn6cncn6)(c6ccc(F)cc6F)O5)cc4)CC3)cc2)c1=O. The number of anilines is 2. The second-order valence-electron chi connectivity index (χ2n) is 11.4. The molecule has 0 unspecified atom stereocenters. The molecule has 12 nitrogen and oxygen atoms in total. The normalized spacial score (nSPS) is 19.8. The van der Waals surface area contributed by atoms with Crippen molar-refractivity contribution in [3.8, 4) is 11.4 Å². The molecule has 0 amide bonds. The third-order valence-corrected chi connectivity index (χ3v) is 8.48. The van der Waals surface area contributed by atoms with Crippen molar-refractivity contribution in [2.24, 2.45) is 0 Å². The van der Waals surface area contributed by atoms with Gasteiger partial charge in [-0.05, 0) is 67.6 Å². The Bertz CT molecular complexity index is 1860. The molecule has 3 aromatic carbocycles. The molecule has 4 heterocycles. The first-order valence-electron chi connectivity index (χ1n) is 15.5. The third-order valence-electron chi connectivity index (χ3n) is 8.48. The van der Waals surface area contributed by atoms with Gasteiger partial charge in [-0.15, -0.1) is 0 Å². The third kappa shape index (κ3) is 6.33. The Kier molecular flexibility index (Phi) is 8.43. The first kappa shape index (κ1) is 30.6. The van der Waals surface area contributed by atoms with E-state index in [0.717, 1.165) is 49.3 Å². The van der Waals surface area contributed by atoms with E-state index in [1.165, 1.54) is 34.2 Å². The van der Waals surface area contributed by atoms with Crippen LogP contribution in [0.2, 0.25) is 0 Å². The van der Waals surface area contributed by atoms with E-state index in [9.17, 15) is 13.6 Å². The molecule has 0 spiro atoms. The van der Waals surface area contributed by atoms with Gasteiger partial charge in [0.25, 0.3) is 0 Å². The summed E-state index contributed by atoms with van der Waals surface area (Å²) in [6.45, 7) is 6.20. The minimum absolute atomic E-state index is 0.0339. The van der Waals surface area contributed by atoms with Crippen molar-refractivity contribution in [2.45, 2.75) is 31.9 Å². The molecular weight excluding hydrogens is 610 g/mol. The lowest BCUT2D eigenvalue weighted by molar-refractivity contribution is -0.192. The number of benzene rings is 3. The average Bonchev–Trinajstić information content (AvgIpc) is 3.85. The van der Waals surface area contributed by atoms with E-state index in [1.54, 1.807) is 10.9 Å². The maximum absolute atomic E-state index is 14.9. The molecular formula is C33H34F2N8O4. The lowest BCUT2D eigenvalue weighted by atomic mass is 10.0. The van der Waals surface area contributed by atoms with E-state index in [4.69, 9.17) is 14.2 Å². The fourth-order valence-corrected chi connectivity index (χ4v) is 6.00. The highest BCUT2D eigenvalue weighted by molar-refractivity contribution is 5.54. The smallest absolute Gasteiger partial charge is 0.350 e. The minimum atomic E-state index is -1.51. The van der Waals surface area contributed by atoms with Crippen molar-refractivity contribution in [3.63, 3.8) is 0 Å². The molecule has 0 bridgehead atoms. The summed E-state index contributed by atoms with van der Waals surface area (Å²) in [6, 6.07) is 19.2. The van der Waals surface area contributed by atoms with Crippen molar-refractivity contribution in [3.05, 3.63) is 113 Å². The monoisotopic (exact) mass is 644 g/mol. The zero-order chi connectivity index (χ0) is 32.4. The first-order chi connectivity index (χ1) is 22.9. The van der Waals surface area contributed by atoms with Crippen LogP contribution in [0.1, 0.15) is 12.5 Å². The first-order valence-corrected chi connectivity index (χ1v) is 15.5. The number of aromatic nitrogens is 6. The number of hydrogen-bond acceptors (Lipinski definition) is 9. The number of piperazine rings is 1. The van der Waals surface area contributed by atoms with Gasteiger partial charge in [-0.3, -0.25) is 0 Å². The van der Waals surface area contributed by atoms with Gasteiger partial charge in [0, 0.05) is 55.7 Å². The van der Waals surface area contributed by atoms with Gasteiger partial charge in [0.15, 0.2) is 0 Å². The van der Waals surface area contributed by atoms with Crippen molar-refractivity contribution < 1.29 is 23.0 Å². The summed E-state index contributed by atoms with van der Waals surface area (Å²) in [4.78, 5) is 21.0. The van der Waals surface area contributed by atoms with Gasteiger partial charge >= 0.3 is 5.69 Å². The fourth-order valence-electron chi connectivity index (χ4n) is 6.00. The van der Waals surface area contributed by atoms with Crippen molar-refractivity contribution in [1.82, 2.24) is 29.1 Å². The standard InChI is InChI=1S/C33H34F2N8O4/c1-2-43-32(44)42(23-38-43)27-6-4-25(5-7-27)39-13-15-40(16-14-39)26-8-10-28(11-9-26)45-18-29-19-46-33(47-29,20-41-22-36-21-37-41)30-12-3-24(34)17-31(30)35/h3-12,17,21-23,29H,2,13-16,18-20H2,1H3/t29-,33-/m1/s1. The lowest BCUT2D eigenvalue weighted by Crippen LogP contribution is -2.46. The molecule has 14 heteroatoms. The van der Waals surface area contributed by atoms with Gasteiger partial charge in [0.05, 0.1) is 12.3 Å². The molecule has 2 fully saturated rings. The highest BCUT2D eigenvalue weighted by Crippen LogP contribution is 2.38. The van der Waals surface area contributed by atoms with Crippen LogP contribution in [0.5, 0.6) is 5.75 Å². The fraction of sp³-hybridized carbons (Fsp3) is 0.333. The minimum Gasteiger partial charge on any atom is -0.491 e. The summed E-state index contributed by atoms with van der Waals surface area (Å²) in [5, 5.41) is 8.23. The number of ether oxygens (including phenoxy) is 3. The lowest BCUT2D eigenvalue weighted by Gasteiger charge is -2.37. The van der Waals surface area contributed by atoms with Crippen molar-refractivity contribution in [1.29, 1.82) is 0 Å². The molecule has 2 saturated heterocycles. The van der Waals surface area contributed by atoms with E-state index in [-0.39, 0.29) is 31.0 Å². The number of halogens is 2. The Morgan fingerprint density at radius 2 is 1.57 bits per heavy atom. The van der Waals surface area contributed by atoms with Gasteiger partial charge in [-0.25, -0.2) is 32.5 Å². The van der Waals surface area contributed by atoms with E-state index in [0.29, 0.717) is 12.3 Å². The van der Waals surface area contributed by atoms with Gasteiger partial charge in [0.2, 0.25) is 5.79 Å².